The van der Waals surface area contributed by atoms with Crippen LogP contribution in [-0.4, -0.2) is 6.29 Å². The van der Waals surface area contributed by atoms with Crippen molar-refractivity contribution in [2.75, 3.05) is 0 Å². The number of carbonyl (C=O) groups is 1. The van der Waals surface area contributed by atoms with Crippen LogP contribution >= 0.6 is 0 Å². The molecule has 86 valence electrons. The van der Waals surface area contributed by atoms with Crippen LogP contribution in [0.15, 0.2) is 12.1 Å². The molecule has 0 bridgehead atoms. The second kappa shape index (κ2) is 4.82. The summed E-state index contributed by atoms with van der Waals surface area (Å²) in [6.45, 7) is 4.37. The molecule has 1 aromatic carbocycles. The Morgan fingerprint density at radius 2 is 1.94 bits per heavy atom. The highest BCUT2D eigenvalue weighted by Gasteiger charge is 2.18. The molecule has 0 amide bonds. The molecule has 1 aliphatic rings. The highest BCUT2D eigenvalue weighted by molar-refractivity contribution is 5.53. The zero-order chi connectivity index (χ0) is 11.5. The molecule has 16 heavy (non-hydrogen) atoms. The number of fused-ring (bicyclic) bond motifs is 1. The minimum atomic E-state index is 0.380. The molecule has 0 radical (unpaired) electrons. The number of hydrogen-bond acceptors (Lipinski definition) is 1. The monoisotopic (exact) mass is 216 g/mol. The van der Waals surface area contributed by atoms with Crippen LogP contribution in [0.5, 0.6) is 0 Å². The fourth-order valence-corrected chi connectivity index (χ4v) is 2.81. The van der Waals surface area contributed by atoms with E-state index < -0.39 is 0 Å². The zero-order valence-electron chi connectivity index (χ0n) is 10.3. The lowest BCUT2D eigenvalue weighted by atomic mass is 9.81. The molecule has 1 unspecified atom stereocenters. The van der Waals surface area contributed by atoms with E-state index in [0.717, 1.165) is 6.29 Å². The van der Waals surface area contributed by atoms with Crippen LogP contribution in [0.25, 0.3) is 0 Å². The van der Waals surface area contributed by atoms with E-state index in [1.807, 2.05) is 0 Å². The Bertz CT molecular complexity index is 393. The largest absolute Gasteiger partial charge is 0.303 e. The summed E-state index contributed by atoms with van der Waals surface area (Å²) in [6, 6.07) is 4.45. The predicted molar refractivity (Wildman–Crippen MR) is 66.9 cm³/mol. The topological polar surface area (TPSA) is 17.1 Å². The van der Waals surface area contributed by atoms with Gasteiger partial charge in [0.05, 0.1) is 0 Å². The van der Waals surface area contributed by atoms with E-state index in [1.54, 1.807) is 11.1 Å². The normalized spacial score (nSPS) is 16.6. The van der Waals surface area contributed by atoms with Gasteiger partial charge in [-0.3, -0.25) is 0 Å². The summed E-state index contributed by atoms with van der Waals surface area (Å²) >= 11 is 0. The highest BCUT2D eigenvalue weighted by atomic mass is 16.1. The van der Waals surface area contributed by atoms with E-state index in [0.29, 0.717) is 12.3 Å². The number of rotatable bonds is 3. The molecule has 0 aliphatic heterocycles. The Hall–Kier alpha value is -1.11. The van der Waals surface area contributed by atoms with Gasteiger partial charge in [-0.1, -0.05) is 19.1 Å². The van der Waals surface area contributed by atoms with Crippen molar-refractivity contribution in [3.63, 3.8) is 0 Å². The molecule has 1 heteroatoms. The van der Waals surface area contributed by atoms with Crippen molar-refractivity contribution < 1.29 is 4.79 Å². The predicted octanol–water partition coefficient (Wildman–Crippen LogP) is 3.57. The van der Waals surface area contributed by atoms with E-state index in [4.69, 9.17) is 0 Å². The van der Waals surface area contributed by atoms with E-state index in [9.17, 15) is 4.79 Å². The molecule has 0 saturated carbocycles. The van der Waals surface area contributed by atoms with Crippen LogP contribution < -0.4 is 0 Å². The molecular weight excluding hydrogens is 196 g/mol. The molecule has 0 spiro atoms. The Labute approximate surface area is 97.9 Å². The van der Waals surface area contributed by atoms with Gasteiger partial charge >= 0.3 is 0 Å². The second-order valence-corrected chi connectivity index (χ2v) is 4.94. The van der Waals surface area contributed by atoms with Gasteiger partial charge in [0, 0.05) is 6.42 Å². The van der Waals surface area contributed by atoms with Gasteiger partial charge in [0.25, 0.3) is 0 Å². The van der Waals surface area contributed by atoms with E-state index >= 15 is 0 Å². The Kier molecular flexibility index (Phi) is 3.42. The number of hydrogen-bond donors (Lipinski definition) is 0. The van der Waals surface area contributed by atoms with Gasteiger partial charge in [0.1, 0.15) is 6.29 Å². The first-order valence-electron chi connectivity index (χ1n) is 6.29. The Morgan fingerprint density at radius 3 is 2.62 bits per heavy atom. The SMILES string of the molecule is Cc1ccc(C(C)CC=O)c2c1CCCC2. The number of carbonyl (C=O) groups excluding carboxylic acids is 1. The fourth-order valence-electron chi connectivity index (χ4n) is 2.81. The van der Waals surface area contributed by atoms with Gasteiger partial charge in [-0.2, -0.15) is 0 Å². The van der Waals surface area contributed by atoms with Crippen LogP contribution in [0, 0.1) is 6.92 Å². The van der Waals surface area contributed by atoms with Crippen LogP contribution in [0.2, 0.25) is 0 Å². The summed E-state index contributed by atoms with van der Waals surface area (Å²) in [5.41, 5.74) is 5.94. The molecule has 0 saturated heterocycles. The van der Waals surface area contributed by atoms with Crippen molar-refractivity contribution in [2.45, 2.75) is 51.9 Å². The maximum atomic E-state index is 10.6. The minimum Gasteiger partial charge on any atom is -0.303 e. The maximum absolute atomic E-state index is 10.6. The first-order chi connectivity index (χ1) is 7.74. The fraction of sp³-hybridized carbons (Fsp3) is 0.533. The third-order valence-corrected chi connectivity index (χ3v) is 3.79. The first-order valence-corrected chi connectivity index (χ1v) is 6.29. The molecular formula is C15H20O. The van der Waals surface area contributed by atoms with E-state index in [2.05, 4.69) is 26.0 Å². The van der Waals surface area contributed by atoms with Gasteiger partial charge in [-0.15, -0.1) is 0 Å². The Balaban J connectivity index is 2.42. The quantitative estimate of drug-likeness (QED) is 0.706. The second-order valence-electron chi connectivity index (χ2n) is 4.94. The maximum Gasteiger partial charge on any atom is 0.120 e. The van der Waals surface area contributed by atoms with E-state index in [1.165, 1.54) is 36.8 Å². The van der Waals surface area contributed by atoms with Crippen LogP contribution in [0.3, 0.4) is 0 Å². The van der Waals surface area contributed by atoms with Crippen molar-refractivity contribution >= 4 is 6.29 Å². The molecule has 0 heterocycles. The number of aryl methyl sites for hydroxylation is 1. The standard InChI is InChI=1S/C15H20O/c1-11-7-8-14(12(2)9-10-16)15-6-4-3-5-13(11)15/h7-8,10,12H,3-6,9H2,1-2H3. The first kappa shape index (κ1) is 11.4. The van der Waals surface area contributed by atoms with Crippen LogP contribution in [0.4, 0.5) is 0 Å². The van der Waals surface area contributed by atoms with Crippen molar-refractivity contribution in [2.24, 2.45) is 0 Å². The molecule has 1 atom stereocenters. The van der Waals surface area contributed by atoms with Gasteiger partial charge in [-0.25, -0.2) is 0 Å². The Morgan fingerprint density at radius 1 is 1.25 bits per heavy atom. The van der Waals surface area contributed by atoms with Crippen LogP contribution in [-0.2, 0) is 17.6 Å². The summed E-state index contributed by atoms with van der Waals surface area (Å²) < 4.78 is 0. The molecule has 2 rings (SSSR count). The average Bonchev–Trinajstić information content (AvgIpc) is 2.30. The van der Waals surface area contributed by atoms with Gasteiger partial charge < -0.3 is 4.79 Å². The molecule has 0 N–H and O–H groups in total. The lowest BCUT2D eigenvalue weighted by molar-refractivity contribution is -0.108. The molecule has 1 nitrogen and oxygen atoms in total. The average molecular weight is 216 g/mol. The van der Waals surface area contributed by atoms with Crippen molar-refractivity contribution in [1.29, 1.82) is 0 Å². The summed E-state index contributed by atoms with van der Waals surface area (Å²) in [4.78, 5) is 10.6. The zero-order valence-corrected chi connectivity index (χ0v) is 10.3. The number of aldehydes is 1. The summed E-state index contributed by atoms with van der Waals surface area (Å²) in [5.74, 6) is 0.380. The number of benzene rings is 1. The van der Waals surface area contributed by atoms with Crippen molar-refractivity contribution in [1.82, 2.24) is 0 Å². The molecule has 0 aromatic heterocycles. The summed E-state index contributed by atoms with van der Waals surface area (Å²) in [7, 11) is 0. The van der Waals surface area contributed by atoms with E-state index in [-0.39, 0.29) is 0 Å². The highest BCUT2D eigenvalue weighted by Crippen LogP contribution is 2.32. The third kappa shape index (κ3) is 2.04. The minimum absolute atomic E-state index is 0.380. The lowest BCUT2D eigenvalue weighted by Crippen LogP contribution is -2.10. The van der Waals surface area contributed by atoms with Gasteiger partial charge in [0.2, 0.25) is 0 Å². The third-order valence-electron chi connectivity index (χ3n) is 3.79. The van der Waals surface area contributed by atoms with Gasteiger partial charge in [-0.05, 0) is 60.8 Å². The van der Waals surface area contributed by atoms with Crippen LogP contribution in [0.1, 0.15) is 54.4 Å². The van der Waals surface area contributed by atoms with Gasteiger partial charge in [0.15, 0.2) is 0 Å². The lowest BCUT2D eigenvalue weighted by Gasteiger charge is -2.24. The van der Waals surface area contributed by atoms with Crippen molar-refractivity contribution in [3.05, 3.63) is 34.4 Å². The van der Waals surface area contributed by atoms with Crippen molar-refractivity contribution in [3.8, 4) is 0 Å². The molecule has 0 fully saturated rings. The summed E-state index contributed by atoms with van der Waals surface area (Å²) in [6.07, 6.45) is 6.74. The molecule has 1 aliphatic carbocycles. The molecule has 1 aromatic rings. The summed E-state index contributed by atoms with van der Waals surface area (Å²) in [5, 5.41) is 0. The smallest absolute Gasteiger partial charge is 0.120 e.